The molecule has 0 N–H and O–H groups in total. The zero-order valence-corrected chi connectivity index (χ0v) is 11.9. The van der Waals surface area contributed by atoms with Gasteiger partial charge in [0.25, 0.3) is 0 Å². The van der Waals surface area contributed by atoms with Crippen molar-refractivity contribution in [2.24, 2.45) is 0 Å². The summed E-state index contributed by atoms with van der Waals surface area (Å²) in [6.45, 7) is -1.98. The van der Waals surface area contributed by atoms with Gasteiger partial charge in [-0.15, -0.1) is 11.3 Å². The fourth-order valence-electron chi connectivity index (χ4n) is 1.58. The molecular formula is C12H8BrF3O2S. The van der Waals surface area contributed by atoms with Gasteiger partial charge in [0.15, 0.2) is 5.78 Å². The lowest BCUT2D eigenvalue weighted by Gasteiger charge is -2.06. The van der Waals surface area contributed by atoms with E-state index in [1.807, 2.05) is 6.07 Å². The van der Waals surface area contributed by atoms with Crippen LogP contribution in [0, 0.1) is 0 Å². The molecule has 19 heavy (non-hydrogen) atoms. The largest absolute Gasteiger partial charge is 0.411 e. The smallest absolute Gasteiger partial charge is 0.364 e. The number of carbonyl (C=O) groups excluding carboxylic acids is 1. The number of hydrogen-bond donors (Lipinski definition) is 0. The van der Waals surface area contributed by atoms with Crippen molar-refractivity contribution in [3.63, 3.8) is 0 Å². The van der Waals surface area contributed by atoms with E-state index in [4.69, 9.17) is 0 Å². The van der Waals surface area contributed by atoms with Crippen LogP contribution in [0.2, 0.25) is 0 Å². The molecule has 0 atom stereocenters. The first kappa shape index (κ1) is 14.5. The van der Waals surface area contributed by atoms with Crippen LogP contribution in [0.15, 0.2) is 28.1 Å². The number of alkyl halides is 3. The second-order valence-electron chi connectivity index (χ2n) is 3.80. The van der Waals surface area contributed by atoms with Crippen molar-refractivity contribution in [1.29, 1.82) is 0 Å². The average molecular weight is 353 g/mol. The van der Waals surface area contributed by atoms with Crippen LogP contribution >= 0.6 is 27.3 Å². The number of benzene rings is 1. The standard InChI is InChI=1S/C12H8BrF3O2S/c13-9-3-1-2-7-8(5-19-11(7)9)10(17)4-18-6-12(14,15)16/h1-3,5H,4,6H2. The molecule has 7 heteroatoms. The summed E-state index contributed by atoms with van der Waals surface area (Å²) in [5, 5.41) is 2.36. The number of ether oxygens (including phenoxy) is 1. The summed E-state index contributed by atoms with van der Waals surface area (Å²) in [7, 11) is 0. The van der Waals surface area contributed by atoms with E-state index >= 15 is 0 Å². The lowest BCUT2D eigenvalue weighted by molar-refractivity contribution is -0.170. The third-order valence-corrected chi connectivity index (χ3v) is 4.30. The molecule has 0 bridgehead atoms. The molecule has 0 spiro atoms. The Morgan fingerprint density at radius 3 is 2.79 bits per heavy atom. The molecule has 2 aromatic rings. The summed E-state index contributed by atoms with van der Waals surface area (Å²) < 4.78 is 41.9. The van der Waals surface area contributed by atoms with Gasteiger partial charge in [0, 0.05) is 25.5 Å². The molecule has 0 saturated heterocycles. The van der Waals surface area contributed by atoms with Gasteiger partial charge in [0.1, 0.15) is 13.2 Å². The molecule has 2 rings (SSSR count). The first-order valence-electron chi connectivity index (χ1n) is 5.22. The molecular weight excluding hydrogens is 345 g/mol. The van der Waals surface area contributed by atoms with Gasteiger partial charge in [-0.1, -0.05) is 12.1 Å². The Balaban J connectivity index is 2.12. The number of ketones is 1. The highest BCUT2D eigenvalue weighted by Gasteiger charge is 2.28. The van der Waals surface area contributed by atoms with Gasteiger partial charge in [0.2, 0.25) is 0 Å². The normalized spacial score (nSPS) is 12.0. The highest BCUT2D eigenvalue weighted by molar-refractivity contribution is 9.10. The number of thiophene rings is 1. The van der Waals surface area contributed by atoms with E-state index in [1.54, 1.807) is 17.5 Å². The first-order chi connectivity index (χ1) is 8.88. The maximum Gasteiger partial charge on any atom is 0.411 e. The molecule has 0 radical (unpaired) electrons. The van der Waals surface area contributed by atoms with Crippen LogP contribution in [-0.2, 0) is 4.74 Å². The van der Waals surface area contributed by atoms with Crippen LogP contribution in [0.5, 0.6) is 0 Å². The predicted octanol–water partition coefficient (Wildman–Crippen LogP) is 4.43. The first-order valence-corrected chi connectivity index (χ1v) is 6.89. The van der Waals surface area contributed by atoms with Crippen molar-refractivity contribution in [3.8, 4) is 0 Å². The summed E-state index contributed by atoms with van der Waals surface area (Å²) >= 11 is 4.72. The summed E-state index contributed by atoms with van der Waals surface area (Å²) in [6.07, 6.45) is -4.42. The van der Waals surface area contributed by atoms with E-state index in [9.17, 15) is 18.0 Å². The molecule has 0 unspecified atom stereocenters. The Labute approximate surface area is 119 Å². The van der Waals surface area contributed by atoms with E-state index in [2.05, 4.69) is 20.7 Å². The molecule has 0 aliphatic carbocycles. The van der Waals surface area contributed by atoms with Crippen molar-refractivity contribution in [2.75, 3.05) is 13.2 Å². The van der Waals surface area contributed by atoms with Crippen LogP contribution in [0.25, 0.3) is 10.1 Å². The summed E-state index contributed by atoms with van der Waals surface area (Å²) in [4.78, 5) is 11.8. The number of rotatable bonds is 4. The topological polar surface area (TPSA) is 26.3 Å². The zero-order valence-electron chi connectivity index (χ0n) is 9.46. The summed E-state index contributed by atoms with van der Waals surface area (Å²) in [5.74, 6) is -0.450. The Hall–Kier alpha value is -0.920. The molecule has 0 aliphatic rings. The molecule has 2 nitrogen and oxygen atoms in total. The lowest BCUT2D eigenvalue weighted by atomic mass is 10.1. The van der Waals surface area contributed by atoms with Crippen molar-refractivity contribution < 1.29 is 22.7 Å². The Morgan fingerprint density at radius 2 is 2.11 bits per heavy atom. The van der Waals surface area contributed by atoms with Crippen molar-refractivity contribution in [2.45, 2.75) is 6.18 Å². The fourth-order valence-corrected chi connectivity index (χ4v) is 3.20. The molecule has 1 aromatic heterocycles. The van der Waals surface area contributed by atoms with E-state index in [0.29, 0.717) is 5.56 Å². The zero-order chi connectivity index (χ0) is 14.0. The number of halogens is 4. The van der Waals surface area contributed by atoms with E-state index in [1.165, 1.54) is 11.3 Å². The minimum atomic E-state index is -4.42. The van der Waals surface area contributed by atoms with Gasteiger partial charge in [0.05, 0.1) is 0 Å². The van der Waals surface area contributed by atoms with Crippen LogP contribution in [0.3, 0.4) is 0 Å². The number of fused-ring (bicyclic) bond motifs is 1. The highest BCUT2D eigenvalue weighted by Crippen LogP contribution is 2.32. The SMILES string of the molecule is O=C(COCC(F)(F)F)c1csc2c(Br)cccc12. The number of carbonyl (C=O) groups is 1. The van der Waals surface area contributed by atoms with E-state index < -0.39 is 25.2 Å². The van der Waals surface area contributed by atoms with Gasteiger partial charge >= 0.3 is 6.18 Å². The monoisotopic (exact) mass is 352 g/mol. The predicted molar refractivity (Wildman–Crippen MR) is 70.7 cm³/mol. The van der Waals surface area contributed by atoms with Crippen LogP contribution in [0.4, 0.5) is 13.2 Å². The summed E-state index contributed by atoms with van der Waals surface area (Å²) in [6, 6.07) is 5.37. The Bertz CT molecular complexity index is 607. The molecule has 1 heterocycles. The molecule has 0 saturated carbocycles. The lowest BCUT2D eigenvalue weighted by Crippen LogP contribution is -2.20. The second kappa shape index (κ2) is 5.60. The molecule has 1 aromatic carbocycles. The van der Waals surface area contributed by atoms with Gasteiger partial charge in [-0.25, -0.2) is 0 Å². The molecule has 0 aliphatic heterocycles. The minimum Gasteiger partial charge on any atom is -0.364 e. The van der Waals surface area contributed by atoms with Gasteiger partial charge in [-0.3, -0.25) is 4.79 Å². The molecule has 0 amide bonds. The highest BCUT2D eigenvalue weighted by atomic mass is 79.9. The molecule has 102 valence electrons. The van der Waals surface area contributed by atoms with Gasteiger partial charge < -0.3 is 4.74 Å². The number of Topliss-reactive ketones (excluding diaryl/α,β-unsaturated/α-hetero) is 1. The molecule has 0 fully saturated rings. The average Bonchev–Trinajstić information content (AvgIpc) is 2.72. The van der Waals surface area contributed by atoms with Crippen molar-refractivity contribution in [1.82, 2.24) is 0 Å². The second-order valence-corrected chi connectivity index (χ2v) is 5.53. The van der Waals surface area contributed by atoms with Crippen LogP contribution in [0.1, 0.15) is 10.4 Å². The Kier molecular flexibility index (Phi) is 4.27. The van der Waals surface area contributed by atoms with Gasteiger partial charge in [-0.2, -0.15) is 13.2 Å². The van der Waals surface area contributed by atoms with E-state index in [-0.39, 0.29) is 0 Å². The quantitative estimate of drug-likeness (QED) is 0.761. The van der Waals surface area contributed by atoms with Gasteiger partial charge in [-0.05, 0) is 22.0 Å². The van der Waals surface area contributed by atoms with Crippen molar-refractivity contribution >= 4 is 43.1 Å². The third kappa shape index (κ3) is 3.55. The van der Waals surface area contributed by atoms with Crippen LogP contribution < -0.4 is 0 Å². The third-order valence-electron chi connectivity index (χ3n) is 2.35. The maximum atomic E-state index is 11.9. The van der Waals surface area contributed by atoms with E-state index in [0.717, 1.165) is 14.6 Å². The Morgan fingerprint density at radius 1 is 1.37 bits per heavy atom. The fraction of sp³-hybridized carbons (Fsp3) is 0.250. The number of hydrogen-bond acceptors (Lipinski definition) is 3. The summed E-state index contributed by atoms with van der Waals surface area (Å²) in [5.41, 5.74) is 0.392. The van der Waals surface area contributed by atoms with Crippen LogP contribution in [-0.4, -0.2) is 25.2 Å². The minimum absolute atomic E-state index is 0.392. The van der Waals surface area contributed by atoms with Crippen molar-refractivity contribution in [3.05, 3.63) is 33.6 Å². The maximum absolute atomic E-state index is 11.9.